The first-order valence-corrected chi connectivity index (χ1v) is 8.50. The molecule has 3 heteroatoms. The van der Waals surface area contributed by atoms with Gasteiger partial charge >= 0.3 is 0 Å². The van der Waals surface area contributed by atoms with Crippen LogP contribution in [-0.4, -0.2) is 22.4 Å². The zero-order valence-electron chi connectivity index (χ0n) is 13.0. The Balaban J connectivity index is 1.56. The molecule has 1 N–H and O–H groups in total. The molecule has 1 atom stereocenters. The predicted octanol–water partition coefficient (Wildman–Crippen LogP) is 3.56. The molecule has 3 nitrogen and oxygen atoms in total. The number of rotatable bonds is 7. The van der Waals surface area contributed by atoms with Crippen LogP contribution in [0, 0.1) is 11.8 Å². The molecule has 20 heavy (non-hydrogen) atoms. The SMILES string of the molecule is CC(C)C(CNC1CC1)Cc1ccn(C2CCCC2)n1. The standard InChI is InChI=1S/C17H29N3/c1-13(2)14(12-18-15-7-8-15)11-16-9-10-20(19-16)17-5-3-4-6-17/h9-10,13-15,17-18H,3-8,11-12H2,1-2H3. The van der Waals surface area contributed by atoms with Crippen LogP contribution in [0.2, 0.25) is 0 Å². The third kappa shape index (κ3) is 3.63. The van der Waals surface area contributed by atoms with Gasteiger partial charge in [-0.3, -0.25) is 4.68 Å². The van der Waals surface area contributed by atoms with Crippen LogP contribution >= 0.6 is 0 Å². The van der Waals surface area contributed by atoms with Crippen LogP contribution in [0.5, 0.6) is 0 Å². The second-order valence-electron chi connectivity index (χ2n) is 7.12. The highest BCUT2D eigenvalue weighted by molar-refractivity contribution is 5.02. The Hall–Kier alpha value is -0.830. The van der Waals surface area contributed by atoms with Crippen molar-refractivity contribution < 1.29 is 0 Å². The molecular formula is C17H29N3. The van der Waals surface area contributed by atoms with Crippen LogP contribution in [0.15, 0.2) is 12.3 Å². The molecule has 0 saturated heterocycles. The van der Waals surface area contributed by atoms with Crippen molar-refractivity contribution in [2.75, 3.05) is 6.54 Å². The molecule has 0 spiro atoms. The molecule has 2 fully saturated rings. The normalized spacial score (nSPS) is 21.8. The van der Waals surface area contributed by atoms with E-state index in [4.69, 9.17) is 5.10 Å². The smallest absolute Gasteiger partial charge is 0.0628 e. The number of nitrogens with one attached hydrogen (secondary N) is 1. The van der Waals surface area contributed by atoms with Crippen molar-refractivity contribution in [3.8, 4) is 0 Å². The Labute approximate surface area is 123 Å². The van der Waals surface area contributed by atoms with Crippen LogP contribution < -0.4 is 5.32 Å². The molecule has 0 aliphatic heterocycles. The van der Waals surface area contributed by atoms with E-state index >= 15 is 0 Å². The summed E-state index contributed by atoms with van der Waals surface area (Å²) < 4.78 is 2.23. The first-order valence-electron chi connectivity index (χ1n) is 8.50. The van der Waals surface area contributed by atoms with Gasteiger partial charge in [0.15, 0.2) is 0 Å². The van der Waals surface area contributed by atoms with Gasteiger partial charge in [-0.05, 0) is 56.6 Å². The molecule has 0 amide bonds. The lowest BCUT2D eigenvalue weighted by Crippen LogP contribution is -2.29. The van der Waals surface area contributed by atoms with Crippen LogP contribution in [0.3, 0.4) is 0 Å². The predicted molar refractivity (Wildman–Crippen MR) is 82.8 cm³/mol. The minimum absolute atomic E-state index is 0.672. The number of aromatic nitrogens is 2. The summed E-state index contributed by atoms with van der Waals surface area (Å²) in [4.78, 5) is 0. The van der Waals surface area contributed by atoms with Crippen molar-refractivity contribution in [2.24, 2.45) is 11.8 Å². The highest BCUT2D eigenvalue weighted by Crippen LogP contribution is 2.29. The molecule has 2 aliphatic rings. The summed E-state index contributed by atoms with van der Waals surface area (Å²) in [5.41, 5.74) is 1.29. The lowest BCUT2D eigenvalue weighted by molar-refractivity contribution is 0.353. The Morgan fingerprint density at radius 3 is 2.65 bits per heavy atom. The quantitative estimate of drug-likeness (QED) is 0.824. The largest absolute Gasteiger partial charge is 0.314 e. The first kappa shape index (κ1) is 14.1. The summed E-state index contributed by atoms with van der Waals surface area (Å²) in [5, 5.41) is 8.53. The minimum Gasteiger partial charge on any atom is -0.314 e. The molecule has 1 aromatic rings. The lowest BCUT2D eigenvalue weighted by atomic mass is 9.91. The van der Waals surface area contributed by atoms with Gasteiger partial charge in [-0.1, -0.05) is 26.7 Å². The second kappa shape index (κ2) is 6.30. The second-order valence-corrected chi connectivity index (χ2v) is 7.12. The van der Waals surface area contributed by atoms with E-state index in [1.54, 1.807) is 0 Å². The van der Waals surface area contributed by atoms with Gasteiger partial charge in [0, 0.05) is 12.2 Å². The molecular weight excluding hydrogens is 246 g/mol. The van der Waals surface area contributed by atoms with E-state index < -0.39 is 0 Å². The average molecular weight is 275 g/mol. The van der Waals surface area contributed by atoms with E-state index in [9.17, 15) is 0 Å². The zero-order valence-corrected chi connectivity index (χ0v) is 13.0. The molecule has 112 valence electrons. The Morgan fingerprint density at radius 2 is 2.00 bits per heavy atom. The summed E-state index contributed by atoms with van der Waals surface area (Å²) in [7, 11) is 0. The minimum atomic E-state index is 0.672. The fourth-order valence-corrected chi connectivity index (χ4v) is 3.28. The van der Waals surface area contributed by atoms with Gasteiger partial charge < -0.3 is 5.32 Å². The molecule has 3 rings (SSSR count). The van der Waals surface area contributed by atoms with Gasteiger partial charge in [0.2, 0.25) is 0 Å². The molecule has 2 aliphatic carbocycles. The number of hydrogen-bond acceptors (Lipinski definition) is 2. The Morgan fingerprint density at radius 1 is 1.25 bits per heavy atom. The summed E-state index contributed by atoms with van der Waals surface area (Å²) in [6, 6.07) is 3.73. The molecule has 1 heterocycles. The Bertz CT molecular complexity index is 414. The molecule has 0 bridgehead atoms. The average Bonchev–Trinajstić information content (AvgIpc) is 2.93. The summed E-state index contributed by atoms with van der Waals surface area (Å²) in [6.45, 7) is 5.83. The number of hydrogen-bond donors (Lipinski definition) is 1. The van der Waals surface area contributed by atoms with Gasteiger partial charge in [0.05, 0.1) is 11.7 Å². The van der Waals surface area contributed by atoms with Crippen LogP contribution in [0.1, 0.15) is 64.1 Å². The highest BCUT2D eigenvalue weighted by Gasteiger charge is 2.24. The summed E-state index contributed by atoms with van der Waals surface area (Å²) in [6.07, 6.45) is 11.5. The fraction of sp³-hybridized carbons (Fsp3) is 0.824. The van der Waals surface area contributed by atoms with Crippen molar-refractivity contribution in [2.45, 2.75) is 70.9 Å². The maximum absolute atomic E-state index is 4.85. The zero-order chi connectivity index (χ0) is 13.9. The van der Waals surface area contributed by atoms with Crippen molar-refractivity contribution >= 4 is 0 Å². The van der Waals surface area contributed by atoms with E-state index in [0.29, 0.717) is 12.0 Å². The van der Waals surface area contributed by atoms with Gasteiger partial charge in [0.25, 0.3) is 0 Å². The molecule has 1 unspecified atom stereocenters. The van der Waals surface area contributed by atoms with Crippen molar-refractivity contribution in [1.82, 2.24) is 15.1 Å². The molecule has 1 aromatic heterocycles. The molecule has 2 saturated carbocycles. The molecule has 0 aromatic carbocycles. The molecule has 0 radical (unpaired) electrons. The van der Waals surface area contributed by atoms with E-state index in [1.807, 2.05) is 0 Å². The van der Waals surface area contributed by atoms with Gasteiger partial charge in [-0.25, -0.2) is 0 Å². The summed E-state index contributed by atoms with van der Waals surface area (Å²) >= 11 is 0. The summed E-state index contributed by atoms with van der Waals surface area (Å²) in [5.74, 6) is 1.43. The van der Waals surface area contributed by atoms with Crippen molar-refractivity contribution in [1.29, 1.82) is 0 Å². The monoisotopic (exact) mass is 275 g/mol. The fourth-order valence-electron chi connectivity index (χ4n) is 3.28. The lowest BCUT2D eigenvalue weighted by Gasteiger charge is -2.20. The van der Waals surface area contributed by atoms with E-state index in [0.717, 1.165) is 24.9 Å². The van der Waals surface area contributed by atoms with E-state index in [1.165, 1.54) is 44.2 Å². The van der Waals surface area contributed by atoms with E-state index in [-0.39, 0.29) is 0 Å². The third-order valence-electron chi connectivity index (χ3n) is 5.02. The topological polar surface area (TPSA) is 29.9 Å². The van der Waals surface area contributed by atoms with Crippen molar-refractivity contribution in [3.63, 3.8) is 0 Å². The van der Waals surface area contributed by atoms with Crippen molar-refractivity contribution in [3.05, 3.63) is 18.0 Å². The Kier molecular flexibility index (Phi) is 4.45. The maximum atomic E-state index is 4.85. The first-order chi connectivity index (χ1) is 9.72. The van der Waals surface area contributed by atoms with Crippen LogP contribution in [0.4, 0.5) is 0 Å². The third-order valence-corrected chi connectivity index (χ3v) is 5.02. The number of nitrogens with zero attached hydrogens (tertiary/aromatic N) is 2. The maximum Gasteiger partial charge on any atom is 0.0628 e. The van der Waals surface area contributed by atoms with Gasteiger partial charge in [-0.2, -0.15) is 5.10 Å². The van der Waals surface area contributed by atoms with Gasteiger partial charge in [-0.15, -0.1) is 0 Å². The van der Waals surface area contributed by atoms with Gasteiger partial charge in [0.1, 0.15) is 0 Å². The highest BCUT2D eigenvalue weighted by atomic mass is 15.3. The van der Waals surface area contributed by atoms with E-state index in [2.05, 4.69) is 36.1 Å². The van der Waals surface area contributed by atoms with Crippen LogP contribution in [0.25, 0.3) is 0 Å². The van der Waals surface area contributed by atoms with Crippen LogP contribution in [-0.2, 0) is 6.42 Å².